The highest BCUT2D eigenvalue weighted by Gasteiger charge is 2.43. The van der Waals surface area contributed by atoms with Gasteiger partial charge in [-0.05, 0) is 6.92 Å². The Morgan fingerprint density at radius 1 is 1.11 bits per heavy atom. The van der Waals surface area contributed by atoms with Crippen molar-refractivity contribution in [2.24, 2.45) is 0 Å². The third kappa shape index (κ3) is 3.17. The van der Waals surface area contributed by atoms with E-state index < -0.39 is 29.7 Å². The molecule has 0 radical (unpaired) electrons. The Balaban J connectivity index is 3.43. The number of aromatic nitrogens is 1. The first-order valence-electron chi connectivity index (χ1n) is 4.42. The second-order valence-electron chi connectivity index (χ2n) is 3.20. The highest BCUT2D eigenvalue weighted by Crippen LogP contribution is 2.44. The molecule has 0 spiro atoms. The Morgan fingerprint density at radius 2 is 1.67 bits per heavy atom. The first-order valence-corrected chi connectivity index (χ1v) is 4.42. The van der Waals surface area contributed by atoms with E-state index >= 15 is 0 Å². The van der Waals surface area contributed by atoms with E-state index in [4.69, 9.17) is 0 Å². The second-order valence-corrected chi connectivity index (χ2v) is 3.20. The predicted molar refractivity (Wildman–Crippen MR) is 47.2 cm³/mol. The van der Waals surface area contributed by atoms with Gasteiger partial charge in [-0.25, -0.2) is 4.98 Å². The Kier molecular flexibility index (Phi) is 3.63. The van der Waals surface area contributed by atoms with Crippen LogP contribution in [0.4, 0.5) is 26.3 Å². The monoisotopic (exact) mass is 275 g/mol. The average Bonchev–Trinajstić information content (AvgIpc) is 2.16. The summed E-state index contributed by atoms with van der Waals surface area (Å²) in [5, 5.41) is 0. The molecule has 0 saturated heterocycles. The molecular weight excluding hydrogens is 268 g/mol. The number of rotatable bonds is 2. The maximum atomic E-state index is 12.7. The van der Waals surface area contributed by atoms with E-state index in [2.05, 4.69) is 14.5 Å². The summed E-state index contributed by atoms with van der Waals surface area (Å²) in [6, 6.07) is 0. The Morgan fingerprint density at radius 3 is 2.06 bits per heavy atom. The van der Waals surface area contributed by atoms with Crippen LogP contribution in [-0.2, 0) is 6.18 Å². The smallest absolute Gasteiger partial charge is 0.496 e. The molecule has 0 aromatic carbocycles. The molecular formula is C9H7F6NO2. The van der Waals surface area contributed by atoms with Crippen LogP contribution in [0.25, 0.3) is 0 Å². The normalized spacial score (nSPS) is 12.4. The third-order valence-electron chi connectivity index (χ3n) is 1.87. The van der Waals surface area contributed by atoms with Crippen LogP contribution in [0.2, 0.25) is 0 Å². The molecule has 0 amide bonds. The van der Waals surface area contributed by atoms with Crippen LogP contribution in [0.1, 0.15) is 11.1 Å². The van der Waals surface area contributed by atoms with Gasteiger partial charge in [-0.3, -0.25) is 0 Å². The Hall–Kier alpha value is -1.67. The van der Waals surface area contributed by atoms with Gasteiger partial charge in [-0.15, -0.1) is 13.2 Å². The molecule has 1 rings (SSSR count). The fourth-order valence-electron chi connectivity index (χ4n) is 1.27. The summed E-state index contributed by atoms with van der Waals surface area (Å²) >= 11 is 0. The van der Waals surface area contributed by atoms with Gasteiger partial charge < -0.3 is 9.47 Å². The van der Waals surface area contributed by atoms with Crippen LogP contribution in [0.3, 0.4) is 0 Å². The van der Waals surface area contributed by atoms with E-state index in [9.17, 15) is 26.3 Å². The van der Waals surface area contributed by atoms with Gasteiger partial charge in [0.15, 0.2) is 5.56 Å². The van der Waals surface area contributed by atoms with E-state index in [-0.39, 0.29) is 5.56 Å². The molecule has 0 aliphatic heterocycles. The third-order valence-corrected chi connectivity index (χ3v) is 1.87. The fraction of sp³-hybridized carbons (Fsp3) is 0.444. The predicted octanol–water partition coefficient (Wildman–Crippen LogP) is 3.32. The molecule has 0 saturated carbocycles. The average molecular weight is 275 g/mol. The maximum absolute atomic E-state index is 12.7. The van der Waals surface area contributed by atoms with Crippen molar-refractivity contribution in [3.8, 4) is 11.6 Å². The summed E-state index contributed by atoms with van der Waals surface area (Å²) in [4.78, 5) is 3.00. The lowest BCUT2D eigenvalue weighted by Crippen LogP contribution is -2.22. The largest absolute Gasteiger partial charge is 0.574 e. The van der Waals surface area contributed by atoms with Gasteiger partial charge in [0.25, 0.3) is 0 Å². The molecule has 102 valence electrons. The second kappa shape index (κ2) is 4.54. The highest BCUT2D eigenvalue weighted by molar-refractivity contribution is 5.47. The van der Waals surface area contributed by atoms with Crippen LogP contribution in [0.5, 0.6) is 11.6 Å². The summed E-state index contributed by atoms with van der Waals surface area (Å²) in [7, 11) is 0.912. The van der Waals surface area contributed by atoms with Crippen molar-refractivity contribution in [1.82, 2.24) is 4.98 Å². The lowest BCUT2D eigenvalue weighted by Gasteiger charge is -2.18. The van der Waals surface area contributed by atoms with Gasteiger partial charge in [-0.2, -0.15) is 13.2 Å². The summed E-state index contributed by atoms with van der Waals surface area (Å²) < 4.78 is 81.7. The number of methoxy groups -OCH3 is 1. The van der Waals surface area contributed by atoms with Gasteiger partial charge in [0.05, 0.1) is 7.11 Å². The number of pyridine rings is 1. The zero-order valence-electron chi connectivity index (χ0n) is 9.11. The molecule has 1 aromatic rings. The minimum atomic E-state index is -5.27. The molecule has 1 heterocycles. The lowest BCUT2D eigenvalue weighted by atomic mass is 10.1. The Labute approximate surface area is 97.3 Å². The zero-order valence-corrected chi connectivity index (χ0v) is 9.11. The van der Waals surface area contributed by atoms with Gasteiger partial charge in [0, 0.05) is 11.8 Å². The molecule has 0 N–H and O–H groups in total. The van der Waals surface area contributed by atoms with Crippen molar-refractivity contribution >= 4 is 0 Å². The molecule has 0 fully saturated rings. The van der Waals surface area contributed by atoms with Crippen molar-refractivity contribution in [3.63, 3.8) is 0 Å². The number of hydrogen-bond donors (Lipinski definition) is 0. The van der Waals surface area contributed by atoms with Crippen LogP contribution in [-0.4, -0.2) is 18.5 Å². The number of hydrogen-bond acceptors (Lipinski definition) is 3. The van der Waals surface area contributed by atoms with E-state index in [1.165, 1.54) is 6.92 Å². The van der Waals surface area contributed by atoms with Gasteiger partial charge >= 0.3 is 12.5 Å². The fourth-order valence-corrected chi connectivity index (χ4v) is 1.27. The standard InChI is InChI=1S/C9H7F6NO2/c1-4-3-16-7(18-9(13,14)15)5(6(4)17-2)8(10,11)12/h3H,1-2H3. The SMILES string of the molecule is COc1c(C)cnc(OC(F)(F)F)c1C(F)(F)F. The zero-order chi connectivity index (χ0) is 14.1. The van der Waals surface area contributed by atoms with Crippen molar-refractivity contribution in [2.75, 3.05) is 7.11 Å². The molecule has 1 aromatic heterocycles. The van der Waals surface area contributed by atoms with Gasteiger partial charge in [-0.1, -0.05) is 0 Å². The molecule has 0 aliphatic rings. The quantitative estimate of drug-likeness (QED) is 0.776. The lowest BCUT2D eigenvalue weighted by molar-refractivity contribution is -0.278. The number of nitrogens with zero attached hydrogens (tertiary/aromatic N) is 1. The summed E-state index contributed by atoms with van der Waals surface area (Å²) in [5.74, 6) is -2.34. The number of alkyl halides is 6. The number of aryl methyl sites for hydroxylation is 1. The van der Waals surface area contributed by atoms with Gasteiger partial charge in [0.1, 0.15) is 5.75 Å². The molecule has 9 heteroatoms. The Bertz CT molecular complexity index is 440. The molecule has 18 heavy (non-hydrogen) atoms. The van der Waals surface area contributed by atoms with Crippen LogP contribution in [0.15, 0.2) is 6.20 Å². The first-order chi connectivity index (χ1) is 8.06. The maximum Gasteiger partial charge on any atom is 0.574 e. The van der Waals surface area contributed by atoms with Crippen molar-refractivity contribution in [2.45, 2.75) is 19.5 Å². The van der Waals surface area contributed by atoms with E-state index in [0.29, 0.717) is 0 Å². The van der Waals surface area contributed by atoms with E-state index in [0.717, 1.165) is 13.3 Å². The summed E-state index contributed by atoms with van der Waals surface area (Å²) in [5.41, 5.74) is -1.75. The molecule has 0 aliphatic carbocycles. The van der Waals surface area contributed by atoms with Crippen molar-refractivity contribution in [3.05, 3.63) is 17.3 Å². The van der Waals surface area contributed by atoms with Crippen molar-refractivity contribution < 1.29 is 35.8 Å². The first kappa shape index (κ1) is 14.4. The van der Waals surface area contributed by atoms with Gasteiger partial charge in [0.2, 0.25) is 5.88 Å². The topological polar surface area (TPSA) is 31.4 Å². The van der Waals surface area contributed by atoms with Crippen LogP contribution >= 0.6 is 0 Å². The molecule has 3 nitrogen and oxygen atoms in total. The molecule has 0 bridgehead atoms. The minimum absolute atomic E-state index is 0.0562. The van der Waals surface area contributed by atoms with Crippen LogP contribution in [0, 0.1) is 6.92 Å². The number of halogens is 6. The van der Waals surface area contributed by atoms with Crippen LogP contribution < -0.4 is 9.47 Å². The molecule has 0 unspecified atom stereocenters. The van der Waals surface area contributed by atoms with Crippen molar-refractivity contribution in [1.29, 1.82) is 0 Å². The van der Waals surface area contributed by atoms with E-state index in [1.807, 2.05) is 0 Å². The van der Waals surface area contributed by atoms with E-state index in [1.54, 1.807) is 0 Å². The summed E-state index contributed by atoms with van der Waals surface area (Å²) in [6.45, 7) is 1.22. The number of ether oxygens (including phenoxy) is 2. The highest BCUT2D eigenvalue weighted by atomic mass is 19.4. The molecule has 0 atom stereocenters. The minimum Gasteiger partial charge on any atom is -0.496 e. The summed E-state index contributed by atoms with van der Waals surface area (Å²) in [6.07, 6.45) is -9.55.